The third kappa shape index (κ3) is 2.36. The van der Waals surface area contributed by atoms with Crippen molar-refractivity contribution in [2.24, 2.45) is 7.05 Å². The van der Waals surface area contributed by atoms with E-state index >= 15 is 0 Å². The van der Waals surface area contributed by atoms with E-state index in [2.05, 4.69) is 4.98 Å². The second-order valence-electron chi connectivity index (χ2n) is 3.66. The van der Waals surface area contributed by atoms with E-state index in [0.717, 1.165) is 11.4 Å². The van der Waals surface area contributed by atoms with Crippen LogP contribution in [0.4, 0.5) is 0 Å². The average molecular weight is 230 g/mol. The summed E-state index contributed by atoms with van der Waals surface area (Å²) >= 11 is 0. The minimum atomic E-state index is -0.293. The van der Waals surface area contributed by atoms with Gasteiger partial charge in [-0.25, -0.2) is 9.78 Å². The normalized spacial score (nSPS) is 10.2. The number of rotatable bonds is 3. The highest BCUT2D eigenvalue weighted by atomic mass is 16.5. The van der Waals surface area contributed by atoms with Crippen LogP contribution in [0.5, 0.6) is 0 Å². The highest BCUT2D eigenvalue weighted by Gasteiger charge is 2.07. The van der Waals surface area contributed by atoms with Gasteiger partial charge in [0.05, 0.1) is 12.2 Å². The molecular weight excluding hydrogens is 216 g/mol. The Hall–Kier alpha value is -2.10. The zero-order valence-electron chi connectivity index (χ0n) is 9.88. The molecule has 1 heterocycles. The van der Waals surface area contributed by atoms with Gasteiger partial charge in [-0.2, -0.15) is 0 Å². The summed E-state index contributed by atoms with van der Waals surface area (Å²) in [7, 11) is 1.93. The summed E-state index contributed by atoms with van der Waals surface area (Å²) in [5.41, 5.74) is 1.54. The molecule has 0 saturated carbocycles. The smallest absolute Gasteiger partial charge is 0.338 e. The van der Waals surface area contributed by atoms with E-state index in [-0.39, 0.29) is 5.97 Å². The number of esters is 1. The summed E-state index contributed by atoms with van der Waals surface area (Å²) in [6, 6.07) is 7.24. The molecule has 0 fully saturated rings. The van der Waals surface area contributed by atoms with Crippen molar-refractivity contribution in [2.75, 3.05) is 6.61 Å². The Morgan fingerprint density at radius 2 is 2.06 bits per heavy atom. The number of aryl methyl sites for hydroxylation is 1. The molecule has 0 aliphatic heterocycles. The average Bonchev–Trinajstić information content (AvgIpc) is 2.76. The third-order valence-electron chi connectivity index (χ3n) is 2.48. The van der Waals surface area contributed by atoms with Crippen molar-refractivity contribution in [3.05, 3.63) is 42.2 Å². The van der Waals surface area contributed by atoms with Crippen LogP contribution in [0.1, 0.15) is 17.3 Å². The van der Waals surface area contributed by atoms with Crippen molar-refractivity contribution in [3.8, 4) is 11.4 Å². The van der Waals surface area contributed by atoms with Gasteiger partial charge in [-0.1, -0.05) is 12.1 Å². The molecule has 88 valence electrons. The van der Waals surface area contributed by atoms with E-state index in [9.17, 15) is 4.79 Å². The van der Waals surface area contributed by atoms with Crippen LogP contribution >= 0.6 is 0 Å². The standard InChI is InChI=1S/C13H14N2O2/c1-3-17-13(16)11-6-4-10(5-7-11)12-14-8-9-15(12)2/h4-9H,3H2,1-2H3. The molecule has 0 amide bonds. The zero-order chi connectivity index (χ0) is 12.3. The lowest BCUT2D eigenvalue weighted by Crippen LogP contribution is -2.04. The highest BCUT2D eigenvalue weighted by Crippen LogP contribution is 2.17. The molecule has 0 radical (unpaired) electrons. The summed E-state index contributed by atoms with van der Waals surface area (Å²) in [5, 5.41) is 0. The van der Waals surface area contributed by atoms with Gasteiger partial charge in [0.15, 0.2) is 0 Å². The number of carbonyl (C=O) groups excluding carboxylic acids is 1. The van der Waals surface area contributed by atoms with Gasteiger partial charge >= 0.3 is 5.97 Å². The van der Waals surface area contributed by atoms with Crippen molar-refractivity contribution in [3.63, 3.8) is 0 Å². The van der Waals surface area contributed by atoms with Gasteiger partial charge in [-0.05, 0) is 19.1 Å². The Morgan fingerprint density at radius 1 is 1.35 bits per heavy atom. The van der Waals surface area contributed by atoms with Gasteiger partial charge in [-0.3, -0.25) is 0 Å². The van der Waals surface area contributed by atoms with Crippen LogP contribution in [0, 0.1) is 0 Å². The largest absolute Gasteiger partial charge is 0.462 e. The second-order valence-corrected chi connectivity index (χ2v) is 3.66. The molecule has 0 aliphatic carbocycles. The number of benzene rings is 1. The summed E-state index contributed by atoms with van der Waals surface area (Å²) in [6.45, 7) is 2.18. The number of nitrogens with zero attached hydrogens (tertiary/aromatic N) is 2. The first-order valence-electron chi connectivity index (χ1n) is 5.47. The maximum atomic E-state index is 11.5. The summed E-state index contributed by atoms with van der Waals surface area (Å²) in [4.78, 5) is 15.7. The molecule has 2 rings (SSSR count). The van der Waals surface area contributed by atoms with Crippen LogP contribution in [0.25, 0.3) is 11.4 Å². The SMILES string of the molecule is CCOC(=O)c1ccc(-c2nccn2C)cc1. The quantitative estimate of drug-likeness (QED) is 0.760. The fourth-order valence-electron chi connectivity index (χ4n) is 1.61. The van der Waals surface area contributed by atoms with Crippen molar-refractivity contribution < 1.29 is 9.53 Å². The Morgan fingerprint density at radius 3 is 2.59 bits per heavy atom. The first-order valence-corrected chi connectivity index (χ1v) is 5.47. The number of hydrogen-bond donors (Lipinski definition) is 0. The van der Waals surface area contributed by atoms with Crippen LogP contribution in [-0.2, 0) is 11.8 Å². The molecule has 0 spiro atoms. The first kappa shape index (κ1) is 11.4. The lowest BCUT2D eigenvalue weighted by molar-refractivity contribution is 0.0526. The number of imidazole rings is 1. The molecule has 2 aromatic rings. The number of ether oxygens (including phenoxy) is 1. The summed E-state index contributed by atoms with van der Waals surface area (Å²) in [5.74, 6) is 0.583. The molecule has 0 bridgehead atoms. The minimum Gasteiger partial charge on any atom is -0.462 e. The molecule has 0 N–H and O–H groups in total. The van der Waals surface area contributed by atoms with E-state index in [1.54, 1.807) is 25.3 Å². The van der Waals surface area contributed by atoms with Crippen LogP contribution in [-0.4, -0.2) is 22.1 Å². The Labute approximate surface area is 99.9 Å². The van der Waals surface area contributed by atoms with E-state index in [1.165, 1.54) is 0 Å². The summed E-state index contributed by atoms with van der Waals surface area (Å²) < 4.78 is 6.85. The van der Waals surface area contributed by atoms with Gasteiger partial charge in [0.1, 0.15) is 5.82 Å². The van der Waals surface area contributed by atoms with E-state index in [0.29, 0.717) is 12.2 Å². The first-order chi connectivity index (χ1) is 8.22. The summed E-state index contributed by atoms with van der Waals surface area (Å²) in [6.07, 6.45) is 3.63. The van der Waals surface area contributed by atoms with Crippen LogP contribution in [0.3, 0.4) is 0 Å². The lowest BCUT2D eigenvalue weighted by Gasteiger charge is -2.04. The topological polar surface area (TPSA) is 44.1 Å². The fourth-order valence-corrected chi connectivity index (χ4v) is 1.61. The van der Waals surface area contributed by atoms with Crippen LogP contribution < -0.4 is 0 Å². The second kappa shape index (κ2) is 4.82. The van der Waals surface area contributed by atoms with Gasteiger partial charge < -0.3 is 9.30 Å². The van der Waals surface area contributed by atoms with Gasteiger partial charge in [0, 0.05) is 25.0 Å². The van der Waals surface area contributed by atoms with Gasteiger partial charge in [0.25, 0.3) is 0 Å². The molecule has 4 heteroatoms. The molecular formula is C13H14N2O2. The van der Waals surface area contributed by atoms with Crippen molar-refractivity contribution >= 4 is 5.97 Å². The molecule has 0 aliphatic rings. The van der Waals surface area contributed by atoms with Crippen molar-refractivity contribution in [1.82, 2.24) is 9.55 Å². The van der Waals surface area contributed by atoms with E-state index in [1.807, 2.05) is 29.9 Å². The maximum absolute atomic E-state index is 11.5. The van der Waals surface area contributed by atoms with E-state index in [4.69, 9.17) is 4.74 Å². The van der Waals surface area contributed by atoms with Crippen molar-refractivity contribution in [1.29, 1.82) is 0 Å². The van der Waals surface area contributed by atoms with Crippen molar-refractivity contribution in [2.45, 2.75) is 6.92 Å². The molecule has 4 nitrogen and oxygen atoms in total. The molecule has 17 heavy (non-hydrogen) atoms. The minimum absolute atomic E-state index is 0.293. The Kier molecular flexibility index (Phi) is 3.23. The molecule has 0 unspecified atom stereocenters. The molecule has 0 saturated heterocycles. The number of aromatic nitrogens is 2. The van der Waals surface area contributed by atoms with E-state index < -0.39 is 0 Å². The lowest BCUT2D eigenvalue weighted by atomic mass is 10.1. The third-order valence-corrected chi connectivity index (χ3v) is 2.48. The molecule has 1 aromatic carbocycles. The predicted octanol–water partition coefficient (Wildman–Crippen LogP) is 2.26. The van der Waals surface area contributed by atoms with Gasteiger partial charge in [-0.15, -0.1) is 0 Å². The fraction of sp³-hybridized carbons (Fsp3) is 0.231. The zero-order valence-corrected chi connectivity index (χ0v) is 9.88. The maximum Gasteiger partial charge on any atom is 0.338 e. The Bertz CT molecular complexity index is 514. The predicted molar refractivity (Wildman–Crippen MR) is 64.6 cm³/mol. The van der Waals surface area contributed by atoms with Crippen LogP contribution in [0.2, 0.25) is 0 Å². The molecule has 0 atom stereocenters. The highest BCUT2D eigenvalue weighted by molar-refractivity contribution is 5.89. The monoisotopic (exact) mass is 230 g/mol. The number of hydrogen-bond acceptors (Lipinski definition) is 3. The van der Waals surface area contributed by atoms with Gasteiger partial charge in [0.2, 0.25) is 0 Å². The van der Waals surface area contributed by atoms with Crippen LogP contribution in [0.15, 0.2) is 36.7 Å². The molecule has 1 aromatic heterocycles. The Balaban J connectivity index is 2.25. The number of carbonyl (C=O) groups is 1.